The minimum absolute atomic E-state index is 0.390. The number of rotatable bonds is 5. The van der Waals surface area contributed by atoms with Gasteiger partial charge < -0.3 is 10.1 Å². The van der Waals surface area contributed by atoms with Gasteiger partial charge in [-0.3, -0.25) is 0 Å². The molecule has 0 fully saturated rings. The van der Waals surface area contributed by atoms with Crippen molar-refractivity contribution in [3.8, 4) is 17.3 Å². The summed E-state index contributed by atoms with van der Waals surface area (Å²) in [6, 6.07) is 15.3. The van der Waals surface area contributed by atoms with Crippen molar-refractivity contribution in [2.75, 3.05) is 12.4 Å². The summed E-state index contributed by atoms with van der Waals surface area (Å²) < 4.78 is 4.79. The van der Waals surface area contributed by atoms with E-state index in [0.29, 0.717) is 21.8 Å². The molecule has 0 saturated heterocycles. The molecule has 0 amide bonds. The molecule has 1 N–H and O–H groups in total. The minimum atomic E-state index is -0.443. The number of allylic oxidation sites excluding steroid dienone is 1. The zero-order valence-corrected chi connectivity index (χ0v) is 16.6. The number of para-hydroxylation sites is 1. The third-order valence-corrected chi connectivity index (χ3v) is 5.09. The number of hydrogen-bond donors (Lipinski definition) is 1. The Bertz CT molecular complexity index is 1090. The SMILES string of the molecule is COC(=O)c1ccccc1NC=C(C#N)c1nc(-c2ccc(C)cc2C)cs1. The molecule has 0 bridgehead atoms. The molecule has 0 radical (unpaired) electrons. The summed E-state index contributed by atoms with van der Waals surface area (Å²) in [7, 11) is 1.33. The molecule has 1 heterocycles. The van der Waals surface area contributed by atoms with E-state index in [1.54, 1.807) is 30.5 Å². The molecule has 140 valence electrons. The number of aryl methyl sites for hydroxylation is 2. The van der Waals surface area contributed by atoms with Gasteiger partial charge >= 0.3 is 5.97 Å². The first-order chi connectivity index (χ1) is 13.5. The summed E-state index contributed by atoms with van der Waals surface area (Å²) >= 11 is 1.41. The molecule has 0 spiro atoms. The summed E-state index contributed by atoms with van der Waals surface area (Å²) in [4.78, 5) is 16.5. The normalized spacial score (nSPS) is 11.0. The van der Waals surface area contributed by atoms with Crippen LogP contribution in [0.4, 0.5) is 5.69 Å². The standard InChI is InChI=1S/C22H19N3O2S/c1-14-8-9-17(15(2)10-14)20-13-28-21(25-20)16(11-23)12-24-19-7-5-4-6-18(19)22(26)27-3/h4-10,12-13,24H,1-3H3. The number of carbonyl (C=O) groups is 1. The van der Waals surface area contributed by atoms with Crippen molar-refractivity contribution >= 4 is 28.6 Å². The van der Waals surface area contributed by atoms with Gasteiger partial charge in [0.1, 0.15) is 16.6 Å². The van der Waals surface area contributed by atoms with E-state index in [1.165, 1.54) is 24.0 Å². The lowest BCUT2D eigenvalue weighted by Crippen LogP contribution is -2.05. The average molecular weight is 389 g/mol. The molecule has 2 aromatic carbocycles. The van der Waals surface area contributed by atoms with Gasteiger partial charge in [-0.25, -0.2) is 9.78 Å². The van der Waals surface area contributed by atoms with Gasteiger partial charge in [0.25, 0.3) is 0 Å². The van der Waals surface area contributed by atoms with E-state index in [1.807, 2.05) is 24.4 Å². The molecular weight excluding hydrogens is 370 g/mol. The van der Waals surface area contributed by atoms with Crippen LogP contribution < -0.4 is 5.32 Å². The summed E-state index contributed by atoms with van der Waals surface area (Å²) in [6.45, 7) is 4.10. The number of nitrogens with zero attached hydrogens (tertiary/aromatic N) is 2. The molecule has 6 heteroatoms. The third kappa shape index (κ3) is 4.11. The van der Waals surface area contributed by atoms with Gasteiger partial charge in [0.2, 0.25) is 0 Å². The number of thiazole rings is 1. The molecule has 0 unspecified atom stereocenters. The predicted octanol–water partition coefficient (Wildman–Crippen LogP) is 5.19. The molecule has 28 heavy (non-hydrogen) atoms. The van der Waals surface area contributed by atoms with Crippen LogP contribution in [0.2, 0.25) is 0 Å². The molecule has 3 aromatic rings. The summed E-state index contributed by atoms with van der Waals surface area (Å²) in [6.07, 6.45) is 1.56. The fourth-order valence-electron chi connectivity index (χ4n) is 2.81. The van der Waals surface area contributed by atoms with Crippen molar-refractivity contribution in [3.63, 3.8) is 0 Å². The van der Waals surface area contributed by atoms with Crippen LogP contribution in [0.25, 0.3) is 16.8 Å². The monoisotopic (exact) mass is 389 g/mol. The van der Waals surface area contributed by atoms with Crippen LogP contribution in [0.3, 0.4) is 0 Å². The first-order valence-electron chi connectivity index (χ1n) is 8.61. The van der Waals surface area contributed by atoms with Crippen molar-refractivity contribution in [2.24, 2.45) is 0 Å². The lowest BCUT2D eigenvalue weighted by atomic mass is 10.0. The van der Waals surface area contributed by atoms with Gasteiger partial charge in [-0.1, -0.05) is 35.9 Å². The summed E-state index contributed by atoms with van der Waals surface area (Å²) in [5.74, 6) is -0.443. The maximum Gasteiger partial charge on any atom is 0.339 e. The smallest absolute Gasteiger partial charge is 0.339 e. The number of carbonyl (C=O) groups excluding carboxylic acids is 1. The third-order valence-electron chi connectivity index (χ3n) is 4.22. The highest BCUT2D eigenvalue weighted by Gasteiger charge is 2.13. The molecule has 0 aliphatic rings. The second-order valence-corrected chi connectivity index (χ2v) is 7.07. The van der Waals surface area contributed by atoms with Gasteiger partial charge in [-0.2, -0.15) is 5.26 Å². The first kappa shape index (κ1) is 19.3. The van der Waals surface area contributed by atoms with Crippen molar-refractivity contribution in [3.05, 3.63) is 75.7 Å². The zero-order chi connectivity index (χ0) is 20.1. The van der Waals surface area contributed by atoms with Gasteiger partial charge in [0.05, 0.1) is 24.1 Å². The van der Waals surface area contributed by atoms with Crippen LogP contribution in [0.5, 0.6) is 0 Å². The Balaban J connectivity index is 1.88. The lowest BCUT2D eigenvalue weighted by molar-refractivity contribution is 0.0602. The second-order valence-electron chi connectivity index (χ2n) is 6.21. The number of aromatic nitrogens is 1. The van der Waals surface area contributed by atoms with E-state index in [-0.39, 0.29) is 0 Å². The number of ether oxygens (including phenoxy) is 1. The van der Waals surface area contributed by atoms with Crippen molar-refractivity contribution in [2.45, 2.75) is 13.8 Å². The Morgan fingerprint density at radius 3 is 2.75 bits per heavy atom. The fraction of sp³-hybridized carbons (Fsp3) is 0.136. The largest absolute Gasteiger partial charge is 0.465 e. The quantitative estimate of drug-likeness (QED) is 0.480. The number of nitriles is 1. The highest BCUT2D eigenvalue weighted by Crippen LogP contribution is 2.29. The minimum Gasteiger partial charge on any atom is -0.465 e. The summed E-state index contributed by atoms with van der Waals surface area (Å²) in [5.41, 5.74) is 5.58. The van der Waals surface area contributed by atoms with Gasteiger partial charge in [0, 0.05) is 17.1 Å². The number of esters is 1. The maximum atomic E-state index is 11.9. The van der Waals surface area contributed by atoms with Gasteiger partial charge in [-0.05, 0) is 31.5 Å². The number of anilines is 1. The molecular formula is C22H19N3O2S. The van der Waals surface area contributed by atoms with Gasteiger partial charge in [-0.15, -0.1) is 11.3 Å². The number of hydrogen-bond acceptors (Lipinski definition) is 6. The zero-order valence-electron chi connectivity index (χ0n) is 15.8. The van der Waals surface area contributed by atoms with Crippen LogP contribution in [-0.4, -0.2) is 18.1 Å². The molecule has 1 aromatic heterocycles. The van der Waals surface area contributed by atoms with Crippen LogP contribution in [0.1, 0.15) is 26.5 Å². The second kappa shape index (κ2) is 8.51. The van der Waals surface area contributed by atoms with Crippen LogP contribution >= 0.6 is 11.3 Å². The highest BCUT2D eigenvalue weighted by molar-refractivity contribution is 7.11. The number of benzene rings is 2. The average Bonchev–Trinajstić information content (AvgIpc) is 3.18. The van der Waals surface area contributed by atoms with Crippen LogP contribution in [0.15, 0.2) is 54.0 Å². The molecule has 0 aliphatic heterocycles. The van der Waals surface area contributed by atoms with E-state index in [9.17, 15) is 10.1 Å². The van der Waals surface area contributed by atoms with Crippen LogP contribution in [-0.2, 0) is 4.74 Å². The summed E-state index contributed by atoms with van der Waals surface area (Å²) in [5, 5.41) is 15.2. The van der Waals surface area contributed by atoms with E-state index in [4.69, 9.17) is 4.74 Å². The number of methoxy groups -OCH3 is 1. The number of nitrogens with one attached hydrogen (secondary N) is 1. The van der Waals surface area contributed by atoms with Crippen LogP contribution in [0, 0.1) is 25.2 Å². The van der Waals surface area contributed by atoms with Crippen molar-refractivity contribution < 1.29 is 9.53 Å². The molecule has 0 atom stereocenters. The predicted molar refractivity (Wildman–Crippen MR) is 112 cm³/mol. The fourth-order valence-corrected chi connectivity index (χ4v) is 3.60. The highest BCUT2D eigenvalue weighted by atomic mass is 32.1. The molecule has 0 saturated carbocycles. The van der Waals surface area contributed by atoms with Gasteiger partial charge in [0.15, 0.2) is 0 Å². The topological polar surface area (TPSA) is 75.0 Å². The van der Waals surface area contributed by atoms with Crippen molar-refractivity contribution in [1.82, 2.24) is 4.98 Å². The van der Waals surface area contributed by atoms with E-state index in [0.717, 1.165) is 16.8 Å². The Labute approximate surface area is 167 Å². The lowest BCUT2D eigenvalue weighted by Gasteiger charge is -2.07. The molecule has 0 aliphatic carbocycles. The van der Waals surface area contributed by atoms with Crippen molar-refractivity contribution in [1.29, 1.82) is 5.26 Å². The maximum absolute atomic E-state index is 11.9. The van der Waals surface area contributed by atoms with E-state index in [2.05, 4.69) is 29.4 Å². The Hall–Kier alpha value is -3.43. The molecule has 5 nitrogen and oxygen atoms in total. The van der Waals surface area contributed by atoms with E-state index < -0.39 is 5.97 Å². The van der Waals surface area contributed by atoms with E-state index >= 15 is 0 Å². The Morgan fingerprint density at radius 2 is 2.04 bits per heavy atom. The molecule has 3 rings (SSSR count). The Morgan fingerprint density at radius 1 is 1.25 bits per heavy atom. The Kier molecular flexibility index (Phi) is 5.87. The first-order valence-corrected chi connectivity index (χ1v) is 9.49.